The largest absolute Gasteiger partial charge is 0.387 e. The number of β-amino-alcohol motifs (C(OH)–C–C–N with tert-alkyl or cyclic N) is 1. The Morgan fingerprint density at radius 3 is 2.38 bits per heavy atom. The van der Waals surface area contributed by atoms with E-state index in [0.29, 0.717) is 5.92 Å². The predicted octanol–water partition coefficient (Wildman–Crippen LogP) is 2.54. The van der Waals surface area contributed by atoms with Crippen LogP contribution in [-0.2, 0) is 6.54 Å². The van der Waals surface area contributed by atoms with E-state index in [2.05, 4.69) is 18.7 Å². The van der Waals surface area contributed by atoms with Gasteiger partial charge in [0.15, 0.2) is 0 Å². The fourth-order valence-electron chi connectivity index (χ4n) is 2.05. The molecule has 1 aromatic carbocycles. The Morgan fingerprint density at radius 2 is 1.88 bits per heavy atom. The molecule has 1 saturated heterocycles. The lowest BCUT2D eigenvalue weighted by molar-refractivity contribution is -0.130. The van der Waals surface area contributed by atoms with Crippen molar-refractivity contribution in [3.63, 3.8) is 0 Å². The first-order valence-electron chi connectivity index (χ1n) is 5.69. The highest BCUT2D eigenvalue weighted by atomic mass is 35.5. The van der Waals surface area contributed by atoms with Crippen LogP contribution >= 0.6 is 11.6 Å². The Hall–Kier alpha value is -0.570. The molecule has 2 nitrogen and oxygen atoms in total. The molecule has 1 aromatic rings. The van der Waals surface area contributed by atoms with Gasteiger partial charge in [0, 0.05) is 24.7 Å². The summed E-state index contributed by atoms with van der Waals surface area (Å²) in [6.07, 6.45) is 0. The van der Waals surface area contributed by atoms with Gasteiger partial charge in [0.2, 0.25) is 0 Å². The van der Waals surface area contributed by atoms with Crippen LogP contribution < -0.4 is 0 Å². The maximum atomic E-state index is 10.1. The summed E-state index contributed by atoms with van der Waals surface area (Å²) in [7, 11) is 0. The van der Waals surface area contributed by atoms with Gasteiger partial charge in [-0.25, -0.2) is 0 Å². The van der Waals surface area contributed by atoms with Crippen LogP contribution in [0.4, 0.5) is 0 Å². The Balaban J connectivity index is 1.88. The summed E-state index contributed by atoms with van der Waals surface area (Å²) in [5.74, 6) is 0.328. The molecule has 1 aliphatic rings. The van der Waals surface area contributed by atoms with E-state index in [0.717, 1.165) is 24.7 Å². The van der Waals surface area contributed by atoms with Crippen molar-refractivity contribution in [1.82, 2.24) is 4.90 Å². The summed E-state index contributed by atoms with van der Waals surface area (Å²) >= 11 is 5.83. The molecule has 1 fully saturated rings. The van der Waals surface area contributed by atoms with Crippen LogP contribution in [0.5, 0.6) is 0 Å². The number of benzene rings is 1. The van der Waals surface area contributed by atoms with E-state index < -0.39 is 5.60 Å². The second-order valence-electron chi connectivity index (χ2n) is 5.03. The van der Waals surface area contributed by atoms with Crippen molar-refractivity contribution in [2.75, 3.05) is 13.1 Å². The van der Waals surface area contributed by atoms with Crippen LogP contribution in [0.15, 0.2) is 24.3 Å². The van der Waals surface area contributed by atoms with Crippen molar-refractivity contribution in [3.05, 3.63) is 34.9 Å². The standard InChI is InChI=1S/C13H18ClNO/c1-10(2)13(16)8-15(9-13)7-11-3-5-12(14)6-4-11/h3-6,10,16H,7-9H2,1-2H3. The maximum Gasteiger partial charge on any atom is 0.0923 e. The highest BCUT2D eigenvalue weighted by molar-refractivity contribution is 6.30. The number of hydrogen-bond donors (Lipinski definition) is 1. The predicted molar refractivity (Wildman–Crippen MR) is 66.5 cm³/mol. The third-order valence-electron chi connectivity index (χ3n) is 3.39. The molecule has 1 N–H and O–H groups in total. The summed E-state index contributed by atoms with van der Waals surface area (Å²) in [5.41, 5.74) is 0.766. The van der Waals surface area contributed by atoms with Crippen LogP contribution in [0.1, 0.15) is 19.4 Å². The van der Waals surface area contributed by atoms with Gasteiger partial charge in [-0.2, -0.15) is 0 Å². The second kappa shape index (κ2) is 4.36. The Morgan fingerprint density at radius 1 is 1.31 bits per heavy atom. The summed E-state index contributed by atoms with van der Waals surface area (Å²) in [4.78, 5) is 2.25. The molecule has 0 atom stereocenters. The molecule has 0 spiro atoms. The molecule has 0 aromatic heterocycles. The van der Waals surface area contributed by atoms with E-state index in [9.17, 15) is 5.11 Å². The van der Waals surface area contributed by atoms with Crippen molar-refractivity contribution in [3.8, 4) is 0 Å². The first-order valence-corrected chi connectivity index (χ1v) is 6.06. The lowest BCUT2D eigenvalue weighted by atomic mass is 9.83. The highest BCUT2D eigenvalue weighted by Crippen LogP contribution is 2.29. The normalized spacial score (nSPS) is 19.8. The van der Waals surface area contributed by atoms with Gasteiger partial charge in [-0.15, -0.1) is 0 Å². The Kier molecular flexibility index (Phi) is 3.24. The molecule has 1 aliphatic heterocycles. The Labute approximate surface area is 102 Å². The van der Waals surface area contributed by atoms with E-state index in [-0.39, 0.29) is 0 Å². The number of likely N-dealkylation sites (tertiary alicyclic amines) is 1. The average Bonchev–Trinajstić information content (AvgIpc) is 2.18. The molecule has 0 aliphatic carbocycles. The van der Waals surface area contributed by atoms with Crippen molar-refractivity contribution < 1.29 is 5.11 Å². The van der Waals surface area contributed by atoms with Gasteiger partial charge in [-0.05, 0) is 23.6 Å². The summed E-state index contributed by atoms with van der Waals surface area (Å²) in [5, 5.41) is 10.9. The average molecular weight is 240 g/mol. The molecule has 1 heterocycles. The third kappa shape index (κ3) is 2.40. The van der Waals surface area contributed by atoms with Crippen LogP contribution in [0.3, 0.4) is 0 Å². The van der Waals surface area contributed by atoms with Gasteiger partial charge in [-0.3, -0.25) is 4.90 Å². The summed E-state index contributed by atoms with van der Waals surface area (Å²) < 4.78 is 0. The molecule has 88 valence electrons. The summed E-state index contributed by atoms with van der Waals surface area (Å²) in [6.45, 7) is 6.58. The van der Waals surface area contributed by atoms with Crippen molar-refractivity contribution in [2.45, 2.75) is 26.0 Å². The summed E-state index contributed by atoms with van der Waals surface area (Å²) in [6, 6.07) is 7.89. The minimum absolute atomic E-state index is 0.328. The zero-order valence-electron chi connectivity index (χ0n) is 9.78. The van der Waals surface area contributed by atoms with Gasteiger partial charge < -0.3 is 5.11 Å². The fraction of sp³-hybridized carbons (Fsp3) is 0.538. The molecule has 0 bridgehead atoms. The van der Waals surface area contributed by atoms with Crippen molar-refractivity contribution >= 4 is 11.6 Å². The van der Waals surface area contributed by atoms with Gasteiger partial charge in [0.05, 0.1) is 5.60 Å². The number of halogens is 1. The molecule has 3 heteroatoms. The molecule has 0 amide bonds. The number of rotatable bonds is 3. The molecule has 0 saturated carbocycles. The number of aliphatic hydroxyl groups is 1. The van der Waals surface area contributed by atoms with Gasteiger partial charge in [0.25, 0.3) is 0 Å². The molecule has 0 unspecified atom stereocenters. The van der Waals surface area contributed by atoms with Crippen LogP contribution in [0.2, 0.25) is 5.02 Å². The van der Waals surface area contributed by atoms with Gasteiger partial charge in [0.1, 0.15) is 0 Å². The fourth-order valence-corrected chi connectivity index (χ4v) is 2.18. The quantitative estimate of drug-likeness (QED) is 0.877. The highest BCUT2D eigenvalue weighted by Gasteiger charge is 2.43. The van der Waals surface area contributed by atoms with Crippen LogP contribution in [0.25, 0.3) is 0 Å². The van der Waals surface area contributed by atoms with E-state index >= 15 is 0 Å². The first-order chi connectivity index (χ1) is 7.49. The smallest absolute Gasteiger partial charge is 0.0923 e. The van der Waals surface area contributed by atoms with Gasteiger partial charge in [-0.1, -0.05) is 37.6 Å². The molecule has 16 heavy (non-hydrogen) atoms. The van der Waals surface area contributed by atoms with Crippen molar-refractivity contribution in [2.24, 2.45) is 5.92 Å². The van der Waals surface area contributed by atoms with Crippen LogP contribution in [0, 0.1) is 5.92 Å². The topological polar surface area (TPSA) is 23.5 Å². The minimum Gasteiger partial charge on any atom is -0.387 e. The Bertz CT molecular complexity index is 355. The second-order valence-corrected chi connectivity index (χ2v) is 5.47. The lowest BCUT2D eigenvalue weighted by Crippen LogP contribution is -2.63. The van der Waals surface area contributed by atoms with Crippen LogP contribution in [-0.4, -0.2) is 28.7 Å². The minimum atomic E-state index is -0.480. The van der Waals surface area contributed by atoms with Gasteiger partial charge >= 0.3 is 0 Å². The molecular weight excluding hydrogens is 222 g/mol. The first kappa shape index (κ1) is 11.9. The van der Waals surface area contributed by atoms with E-state index in [1.54, 1.807) is 0 Å². The maximum absolute atomic E-state index is 10.1. The van der Waals surface area contributed by atoms with E-state index in [4.69, 9.17) is 11.6 Å². The SMILES string of the molecule is CC(C)C1(O)CN(Cc2ccc(Cl)cc2)C1. The van der Waals surface area contributed by atoms with E-state index in [1.165, 1.54) is 5.56 Å². The third-order valence-corrected chi connectivity index (χ3v) is 3.64. The molecule has 2 rings (SSSR count). The molecular formula is C13H18ClNO. The number of nitrogens with zero attached hydrogens (tertiary/aromatic N) is 1. The molecule has 0 radical (unpaired) electrons. The lowest BCUT2D eigenvalue weighted by Gasteiger charge is -2.49. The van der Waals surface area contributed by atoms with E-state index in [1.807, 2.05) is 24.3 Å². The monoisotopic (exact) mass is 239 g/mol. The number of hydrogen-bond acceptors (Lipinski definition) is 2. The zero-order chi connectivity index (χ0) is 11.8. The van der Waals surface area contributed by atoms with Crippen molar-refractivity contribution in [1.29, 1.82) is 0 Å². The zero-order valence-corrected chi connectivity index (χ0v) is 10.5.